The van der Waals surface area contributed by atoms with Gasteiger partial charge in [0.1, 0.15) is 12.1 Å². The molecular formula is C24H23FN2O. The molecule has 1 unspecified atom stereocenters. The van der Waals surface area contributed by atoms with Crippen LogP contribution in [0.5, 0.6) is 0 Å². The molecule has 0 radical (unpaired) electrons. The maximum atomic E-state index is 13.2. The molecule has 0 aliphatic heterocycles. The number of rotatable bonds is 7. The normalized spacial score (nSPS) is 13.3. The van der Waals surface area contributed by atoms with Crippen molar-refractivity contribution in [1.82, 2.24) is 9.78 Å². The highest BCUT2D eigenvalue weighted by Gasteiger charge is 2.32. The Morgan fingerprint density at radius 2 is 1.89 bits per heavy atom. The maximum Gasteiger partial charge on any atom is 0.126 e. The zero-order valence-electron chi connectivity index (χ0n) is 16.1. The molecule has 142 valence electrons. The summed E-state index contributed by atoms with van der Waals surface area (Å²) in [5, 5.41) is 5.39. The highest BCUT2D eigenvalue weighted by molar-refractivity contribution is 5.81. The second-order valence-corrected chi connectivity index (χ2v) is 7.33. The van der Waals surface area contributed by atoms with E-state index in [4.69, 9.17) is 0 Å². The van der Waals surface area contributed by atoms with Gasteiger partial charge in [-0.15, -0.1) is 0 Å². The molecule has 3 rings (SSSR count). The minimum atomic E-state index is -0.621. The Balaban J connectivity index is 2.13. The molecule has 0 saturated heterocycles. The lowest BCUT2D eigenvalue weighted by Crippen LogP contribution is -2.25. The molecule has 0 saturated carbocycles. The number of benzene rings is 2. The van der Waals surface area contributed by atoms with Crippen molar-refractivity contribution >= 4 is 17.2 Å². The molecule has 0 N–H and O–H groups in total. The van der Waals surface area contributed by atoms with Crippen LogP contribution in [0.25, 0.3) is 16.6 Å². The van der Waals surface area contributed by atoms with E-state index in [9.17, 15) is 9.18 Å². The Hall–Kier alpha value is -3.27. The van der Waals surface area contributed by atoms with E-state index in [2.05, 4.69) is 18.3 Å². The van der Waals surface area contributed by atoms with Crippen LogP contribution in [0, 0.1) is 11.2 Å². The fraction of sp³-hybridized carbons (Fsp3) is 0.167. The summed E-state index contributed by atoms with van der Waals surface area (Å²) < 4.78 is 15.0. The van der Waals surface area contributed by atoms with Crippen LogP contribution in [0.15, 0.2) is 85.6 Å². The van der Waals surface area contributed by atoms with Gasteiger partial charge in [0.2, 0.25) is 0 Å². The summed E-state index contributed by atoms with van der Waals surface area (Å²) in [7, 11) is 0. The van der Waals surface area contributed by atoms with Crippen molar-refractivity contribution in [3.8, 4) is 5.69 Å². The van der Waals surface area contributed by atoms with Gasteiger partial charge < -0.3 is 4.79 Å². The molecule has 0 amide bonds. The minimum absolute atomic E-state index is 0.168. The summed E-state index contributed by atoms with van der Waals surface area (Å²) in [5.74, 6) is -0.452. The Morgan fingerprint density at radius 1 is 1.18 bits per heavy atom. The third kappa shape index (κ3) is 3.58. The molecule has 0 aliphatic rings. The van der Waals surface area contributed by atoms with E-state index in [1.165, 1.54) is 12.1 Å². The minimum Gasteiger partial charge on any atom is -0.303 e. The lowest BCUT2D eigenvalue weighted by Gasteiger charge is -2.31. The van der Waals surface area contributed by atoms with Gasteiger partial charge in [-0.1, -0.05) is 51.3 Å². The second-order valence-electron chi connectivity index (χ2n) is 7.33. The van der Waals surface area contributed by atoms with Crippen LogP contribution in [-0.2, 0) is 4.79 Å². The van der Waals surface area contributed by atoms with Crippen molar-refractivity contribution < 1.29 is 9.18 Å². The Bertz CT molecular complexity index is 1060. The van der Waals surface area contributed by atoms with E-state index in [0.29, 0.717) is 0 Å². The first-order valence-electron chi connectivity index (χ1n) is 9.06. The van der Waals surface area contributed by atoms with E-state index in [1.54, 1.807) is 35.2 Å². The lowest BCUT2D eigenvalue weighted by molar-refractivity contribution is -0.115. The number of hydrogen-bond acceptors (Lipinski definition) is 2. The molecule has 1 heterocycles. The van der Waals surface area contributed by atoms with Crippen LogP contribution < -0.4 is 0 Å². The van der Waals surface area contributed by atoms with Crippen molar-refractivity contribution in [2.45, 2.75) is 19.8 Å². The molecule has 1 atom stereocenters. The van der Waals surface area contributed by atoms with Gasteiger partial charge in [0.05, 0.1) is 17.4 Å². The molecule has 2 aromatic carbocycles. The first-order valence-corrected chi connectivity index (χ1v) is 9.06. The summed E-state index contributed by atoms with van der Waals surface area (Å²) in [6, 6.07) is 12.2. The predicted molar refractivity (Wildman–Crippen MR) is 112 cm³/mol. The fourth-order valence-electron chi connectivity index (χ4n) is 3.56. The Morgan fingerprint density at radius 3 is 2.50 bits per heavy atom. The number of aldehydes is 1. The van der Waals surface area contributed by atoms with Crippen molar-refractivity contribution in [2.75, 3.05) is 0 Å². The lowest BCUT2D eigenvalue weighted by atomic mass is 9.71. The summed E-state index contributed by atoms with van der Waals surface area (Å²) in [6.45, 7) is 11.5. The number of carbonyl (C=O) groups excluding carboxylic acids is 1. The maximum absolute atomic E-state index is 13.2. The second kappa shape index (κ2) is 7.77. The fourth-order valence-corrected chi connectivity index (χ4v) is 3.56. The quantitative estimate of drug-likeness (QED) is 0.389. The van der Waals surface area contributed by atoms with Gasteiger partial charge in [0.15, 0.2) is 0 Å². The van der Waals surface area contributed by atoms with Gasteiger partial charge >= 0.3 is 0 Å². The molecule has 0 spiro atoms. The third-order valence-corrected chi connectivity index (χ3v) is 4.92. The molecule has 28 heavy (non-hydrogen) atoms. The molecule has 0 fully saturated rings. The Labute approximate surface area is 164 Å². The molecular weight excluding hydrogens is 351 g/mol. The van der Waals surface area contributed by atoms with Gasteiger partial charge in [-0.3, -0.25) is 0 Å². The Kier molecular flexibility index (Phi) is 5.41. The van der Waals surface area contributed by atoms with Gasteiger partial charge in [0.25, 0.3) is 0 Å². The molecule has 0 aliphatic carbocycles. The molecule has 3 aromatic rings. The highest BCUT2D eigenvalue weighted by Crippen LogP contribution is 2.41. The monoisotopic (exact) mass is 374 g/mol. The van der Waals surface area contributed by atoms with Gasteiger partial charge in [-0.2, -0.15) is 5.10 Å². The highest BCUT2D eigenvalue weighted by atomic mass is 19.1. The molecule has 4 heteroatoms. The first-order chi connectivity index (χ1) is 13.4. The standard InChI is InChI=1S/C24H23FN2O/c1-5-7-17(6-2)23(24(3,4)16-28)18-8-13-22-19(14-18)15-26-27(22)21-11-9-20(25)10-12-21/h5-16,23H,1-2H2,3-4H3/b17-7+. The smallest absolute Gasteiger partial charge is 0.126 e. The number of halogens is 1. The summed E-state index contributed by atoms with van der Waals surface area (Å²) in [4.78, 5) is 11.8. The van der Waals surface area contributed by atoms with E-state index in [-0.39, 0.29) is 11.7 Å². The number of fused-ring (bicyclic) bond motifs is 1. The van der Waals surface area contributed by atoms with Crippen LogP contribution in [0.4, 0.5) is 4.39 Å². The van der Waals surface area contributed by atoms with E-state index >= 15 is 0 Å². The predicted octanol–water partition coefficient (Wildman–Crippen LogP) is 5.77. The van der Waals surface area contributed by atoms with E-state index in [0.717, 1.165) is 34.0 Å². The van der Waals surface area contributed by atoms with E-state index in [1.807, 2.05) is 38.1 Å². The third-order valence-electron chi connectivity index (χ3n) is 4.92. The van der Waals surface area contributed by atoms with Crippen molar-refractivity contribution in [1.29, 1.82) is 0 Å². The summed E-state index contributed by atoms with van der Waals surface area (Å²) in [5.41, 5.74) is 3.00. The van der Waals surface area contributed by atoms with Crippen LogP contribution in [0.3, 0.4) is 0 Å². The number of carbonyl (C=O) groups is 1. The number of allylic oxidation sites excluding steroid dienone is 4. The number of hydrogen-bond donors (Lipinski definition) is 0. The largest absolute Gasteiger partial charge is 0.303 e. The summed E-state index contributed by atoms with van der Waals surface area (Å²) in [6.07, 6.45) is 8.11. The first kappa shape index (κ1) is 19.5. The van der Waals surface area contributed by atoms with Crippen molar-refractivity contribution in [3.63, 3.8) is 0 Å². The van der Waals surface area contributed by atoms with Crippen LogP contribution >= 0.6 is 0 Å². The van der Waals surface area contributed by atoms with Crippen LogP contribution in [0.2, 0.25) is 0 Å². The van der Waals surface area contributed by atoms with E-state index < -0.39 is 5.41 Å². The van der Waals surface area contributed by atoms with Crippen molar-refractivity contribution in [3.05, 3.63) is 97.0 Å². The topological polar surface area (TPSA) is 34.9 Å². The molecule has 3 nitrogen and oxygen atoms in total. The van der Waals surface area contributed by atoms with Crippen molar-refractivity contribution in [2.24, 2.45) is 5.41 Å². The molecule has 1 aromatic heterocycles. The SMILES string of the molecule is C=C/C=C(\C=C)C(c1ccc2c(cnn2-c2ccc(F)cc2)c1)C(C)(C)C=O. The van der Waals surface area contributed by atoms with Crippen LogP contribution in [-0.4, -0.2) is 16.1 Å². The number of nitrogens with zero attached hydrogens (tertiary/aromatic N) is 2. The van der Waals surface area contributed by atoms with Gasteiger partial charge in [0, 0.05) is 16.7 Å². The number of aromatic nitrogens is 2. The molecule has 0 bridgehead atoms. The van der Waals surface area contributed by atoms with Gasteiger partial charge in [-0.05, 0) is 47.5 Å². The summed E-state index contributed by atoms with van der Waals surface area (Å²) >= 11 is 0. The average Bonchev–Trinajstić information content (AvgIpc) is 3.11. The average molecular weight is 374 g/mol. The van der Waals surface area contributed by atoms with Gasteiger partial charge in [-0.25, -0.2) is 9.07 Å². The zero-order chi connectivity index (χ0) is 20.3. The van der Waals surface area contributed by atoms with Crippen LogP contribution in [0.1, 0.15) is 25.3 Å². The zero-order valence-corrected chi connectivity index (χ0v) is 16.1.